The SMILES string of the molecule is CC(CCCc1ccccc1)Oc1cccc2ncc3ccccc3c12. The lowest BCUT2D eigenvalue weighted by Gasteiger charge is -2.17. The van der Waals surface area contributed by atoms with E-state index in [1.807, 2.05) is 18.3 Å². The molecule has 0 bridgehead atoms. The summed E-state index contributed by atoms with van der Waals surface area (Å²) >= 11 is 0. The average molecular weight is 341 g/mol. The van der Waals surface area contributed by atoms with Gasteiger partial charge < -0.3 is 4.74 Å². The zero-order valence-corrected chi connectivity index (χ0v) is 15.1. The maximum absolute atomic E-state index is 6.33. The van der Waals surface area contributed by atoms with Crippen LogP contribution < -0.4 is 4.74 Å². The lowest BCUT2D eigenvalue weighted by atomic mass is 10.1. The lowest BCUT2D eigenvalue weighted by Crippen LogP contribution is -2.12. The number of hydrogen-bond donors (Lipinski definition) is 0. The summed E-state index contributed by atoms with van der Waals surface area (Å²) in [7, 11) is 0. The van der Waals surface area contributed by atoms with Crippen LogP contribution in [0.15, 0.2) is 79.0 Å². The van der Waals surface area contributed by atoms with E-state index in [9.17, 15) is 0 Å². The summed E-state index contributed by atoms with van der Waals surface area (Å²) in [5.74, 6) is 0.930. The molecule has 0 saturated carbocycles. The Balaban J connectivity index is 1.52. The van der Waals surface area contributed by atoms with E-state index in [0.29, 0.717) is 0 Å². The van der Waals surface area contributed by atoms with Gasteiger partial charge in [-0.3, -0.25) is 4.98 Å². The zero-order chi connectivity index (χ0) is 17.8. The van der Waals surface area contributed by atoms with Crippen LogP contribution in [-0.4, -0.2) is 11.1 Å². The van der Waals surface area contributed by atoms with Crippen LogP contribution in [0.5, 0.6) is 5.75 Å². The number of benzene rings is 3. The highest BCUT2D eigenvalue weighted by atomic mass is 16.5. The van der Waals surface area contributed by atoms with Gasteiger partial charge in [-0.1, -0.05) is 60.7 Å². The molecule has 0 spiro atoms. The molecule has 26 heavy (non-hydrogen) atoms. The molecule has 0 aliphatic carbocycles. The Morgan fingerprint density at radius 3 is 2.58 bits per heavy atom. The van der Waals surface area contributed by atoms with Crippen LogP contribution in [0, 0.1) is 0 Å². The van der Waals surface area contributed by atoms with Gasteiger partial charge in [-0.05, 0) is 49.3 Å². The molecule has 1 heterocycles. The molecule has 130 valence electrons. The minimum atomic E-state index is 0.170. The van der Waals surface area contributed by atoms with Gasteiger partial charge in [0.05, 0.1) is 17.0 Å². The Kier molecular flexibility index (Phi) is 4.83. The number of rotatable bonds is 6. The van der Waals surface area contributed by atoms with E-state index < -0.39 is 0 Å². The van der Waals surface area contributed by atoms with Crippen LogP contribution in [0.2, 0.25) is 0 Å². The van der Waals surface area contributed by atoms with Crippen LogP contribution >= 0.6 is 0 Å². The number of fused-ring (bicyclic) bond motifs is 3. The first kappa shape index (κ1) is 16.6. The van der Waals surface area contributed by atoms with Crippen molar-refractivity contribution in [3.8, 4) is 5.75 Å². The second kappa shape index (κ2) is 7.57. The zero-order valence-electron chi connectivity index (χ0n) is 15.1. The Hall–Kier alpha value is -2.87. The highest BCUT2D eigenvalue weighted by Gasteiger charge is 2.11. The third-order valence-electron chi connectivity index (χ3n) is 4.82. The standard InChI is InChI=1S/C24H23NO/c1-18(9-7-12-19-10-3-2-4-11-19)26-23-16-8-15-22-24(23)21-14-6-5-13-20(21)17-25-22/h2-6,8,10-11,13-18H,7,9,12H2,1H3. The van der Waals surface area contributed by atoms with Crippen LogP contribution in [0.3, 0.4) is 0 Å². The van der Waals surface area contributed by atoms with Crippen LogP contribution in [0.1, 0.15) is 25.3 Å². The molecule has 2 heteroatoms. The molecule has 4 rings (SSSR count). The smallest absolute Gasteiger partial charge is 0.129 e. The molecular weight excluding hydrogens is 318 g/mol. The maximum Gasteiger partial charge on any atom is 0.129 e. The first-order valence-electron chi connectivity index (χ1n) is 9.28. The predicted octanol–water partition coefficient (Wildman–Crippen LogP) is 6.18. The monoisotopic (exact) mass is 341 g/mol. The summed E-state index contributed by atoms with van der Waals surface area (Å²) in [4.78, 5) is 4.60. The quantitative estimate of drug-likeness (QED) is 0.391. The average Bonchev–Trinajstić information content (AvgIpc) is 2.69. The molecule has 2 nitrogen and oxygen atoms in total. The summed E-state index contributed by atoms with van der Waals surface area (Å²) in [5.41, 5.74) is 2.37. The summed E-state index contributed by atoms with van der Waals surface area (Å²) in [5, 5.41) is 3.46. The first-order valence-corrected chi connectivity index (χ1v) is 9.28. The Labute approximate surface area is 154 Å². The summed E-state index contributed by atoms with van der Waals surface area (Å²) in [6.07, 6.45) is 5.35. The fourth-order valence-electron chi connectivity index (χ4n) is 3.49. The van der Waals surface area contributed by atoms with E-state index in [1.54, 1.807) is 0 Å². The van der Waals surface area contributed by atoms with E-state index in [4.69, 9.17) is 4.74 Å². The predicted molar refractivity (Wildman–Crippen MR) is 109 cm³/mol. The van der Waals surface area contributed by atoms with E-state index in [1.165, 1.54) is 10.9 Å². The van der Waals surface area contributed by atoms with Gasteiger partial charge in [-0.2, -0.15) is 0 Å². The first-order chi connectivity index (χ1) is 12.8. The van der Waals surface area contributed by atoms with E-state index >= 15 is 0 Å². The van der Waals surface area contributed by atoms with Crippen molar-refractivity contribution in [2.24, 2.45) is 0 Å². The largest absolute Gasteiger partial charge is 0.490 e. The molecule has 0 radical (unpaired) electrons. The van der Waals surface area contributed by atoms with Crippen molar-refractivity contribution in [3.63, 3.8) is 0 Å². The number of pyridine rings is 1. The summed E-state index contributed by atoms with van der Waals surface area (Å²) in [6.45, 7) is 2.16. The Bertz CT molecular complexity index is 1010. The molecule has 0 aliphatic rings. The van der Waals surface area contributed by atoms with Gasteiger partial charge in [0.1, 0.15) is 5.75 Å². The van der Waals surface area contributed by atoms with E-state index in [2.05, 4.69) is 72.6 Å². The maximum atomic E-state index is 6.33. The van der Waals surface area contributed by atoms with Gasteiger partial charge in [0, 0.05) is 11.6 Å². The van der Waals surface area contributed by atoms with Crippen molar-refractivity contribution in [3.05, 3.63) is 84.6 Å². The molecule has 0 aliphatic heterocycles. The molecule has 0 amide bonds. The molecule has 3 aromatic carbocycles. The summed E-state index contributed by atoms with van der Waals surface area (Å²) < 4.78 is 6.33. The summed E-state index contributed by atoms with van der Waals surface area (Å²) in [6, 6.07) is 25.1. The molecule has 0 N–H and O–H groups in total. The lowest BCUT2D eigenvalue weighted by molar-refractivity contribution is 0.211. The second-order valence-corrected chi connectivity index (χ2v) is 6.80. The number of aryl methyl sites for hydroxylation is 1. The number of nitrogens with zero attached hydrogens (tertiary/aromatic N) is 1. The highest BCUT2D eigenvalue weighted by molar-refractivity contribution is 6.08. The molecular formula is C24H23NO. The van der Waals surface area contributed by atoms with Gasteiger partial charge in [-0.15, -0.1) is 0 Å². The van der Waals surface area contributed by atoms with E-state index in [0.717, 1.165) is 41.3 Å². The van der Waals surface area contributed by atoms with E-state index in [-0.39, 0.29) is 6.10 Å². The highest BCUT2D eigenvalue weighted by Crippen LogP contribution is 2.32. The van der Waals surface area contributed by atoms with Crippen molar-refractivity contribution in [1.29, 1.82) is 0 Å². The number of aromatic nitrogens is 1. The Morgan fingerprint density at radius 1 is 0.885 bits per heavy atom. The minimum Gasteiger partial charge on any atom is -0.490 e. The van der Waals surface area contributed by atoms with Gasteiger partial charge >= 0.3 is 0 Å². The van der Waals surface area contributed by atoms with Crippen molar-refractivity contribution < 1.29 is 4.74 Å². The van der Waals surface area contributed by atoms with Crippen LogP contribution in [-0.2, 0) is 6.42 Å². The van der Waals surface area contributed by atoms with Crippen LogP contribution in [0.4, 0.5) is 0 Å². The molecule has 4 aromatic rings. The Morgan fingerprint density at radius 2 is 1.69 bits per heavy atom. The minimum absolute atomic E-state index is 0.170. The molecule has 1 atom stereocenters. The normalized spacial score (nSPS) is 12.3. The third kappa shape index (κ3) is 3.55. The van der Waals surface area contributed by atoms with Gasteiger partial charge in [0.25, 0.3) is 0 Å². The van der Waals surface area contributed by atoms with Gasteiger partial charge in [0.2, 0.25) is 0 Å². The van der Waals surface area contributed by atoms with Crippen molar-refractivity contribution >= 4 is 21.7 Å². The second-order valence-electron chi connectivity index (χ2n) is 6.80. The van der Waals surface area contributed by atoms with Gasteiger partial charge in [-0.25, -0.2) is 0 Å². The fourth-order valence-corrected chi connectivity index (χ4v) is 3.49. The van der Waals surface area contributed by atoms with Crippen molar-refractivity contribution in [1.82, 2.24) is 4.98 Å². The number of hydrogen-bond acceptors (Lipinski definition) is 2. The molecule has 1 aromatic heterocycles. The van der Waals surface area contributed by atoms with Crippen molar-refractivity contribution in [2.75, 3.05) is 0 Å². The fraction of sp³-hybridized carbons (Fsp3) is 0.208. The van der Waals surface area contributed by atoms with Crippen LogP contribution in [0.25, 0.3) is 21.7 Å². The molecule has 0 fully saturated rings. The molecule has 1 unspecified atom stereocenters. The van der Waals surface area contributed by atoms with Crippen molar-refractivity contribution in [2.45, 2.75) is 32.3 Å². The third-order valence-corrected chi connectivity index (χ3v) is 4.82. The number of ether oxygens (including phenoxy) is 1. The van der Waals surface area contributed by atoms with Gasteiger partial charge in [0.15, 0.2) is 0 Å². The molecule has 0 saturated heterocycles. The topological polar surface area (TPSA) is 22.1 Å².